The molecule has 1 aliphatic rings. The van der Waals surface area contributed by atoms with Gasteiger partial charge in [-0.3, -0.25) is 9.80 Å². The Balaban J connectivity index is 1.65. The van der Waals surface area contributed by atoms with E-state index in [1.54, 1.807) is 36.5 Å². The predicted octanol–water partition coefficient (Wildman–Crippen LogP) is 1.49. The lowest BCUT2D eigenvalue weighted by Gasteiger charge is -2.28. The van der Waals surface area contributed by atoms with Crippen LogP contribution in [0.3, 0.4) is 0 Å². The lowest BCUT2D eigenvalue weighted by Crippen LogP contribution is -2.40. The van der Waals surface area contributed by atoms with Crippen LogP contribution in [-0.4, -0.2) is 68.6 Å². The Kier molecular flexibility index (Phi) is 5.90. The zero-order chi connectivity index (χ0) is 17.7. The summed E-state index contributed by atoms with van der Waals surface area (Å²) < 4.78 is 32.4. The van der Waals surface area contributed by atoms with Crippen molar-refractivity contribution in [2.45, 2.75) is 11.4 Å². The Morgan fingerprint density at radius 1 is 1.08 bits per heavy atom. The van der Waals surface area contributed by atoms with Gasteiger partial charge in [0, 0.05) is 44.6 Å². The van der Waals surface area contributed by atoms with Crippen molar-refractivity contribution in [3.63, 3.8) is 0 Å². The van der Waals surface area contributed by atoms with Gasteiger partial charge in [-0.05, 0) is 31.3 Å². The first-order valence-corrected chi connectivity index (χ1v) is 9.97. The molecule has 0 atom stereocenters. The second kappa shape index (κ2) is 8.14. The maximum Gasteiger partial charge on any atom is 0.267 e. The number of rotatable bonds is 7. The van der Waals surface area contributed by atoms with Crippen LogP contribution in [0.5, 0.6) is 0 Å². The summed E-state index contributed by atoms with van der Waals surface area (Å²) in [4.78, 5) is 4.84. The molecule has 1 aromatic heterocycles. The van der Waals surface area contributed by atoms with Gasteiger partial charge in [-0.15, -0.1) is 0 Å². The molecule has 2 heterocycles. The Labute approximate surface area is 149 Å². The number of hydrogen-bond acceptors (Lipinski definition) is 5. The van der Waals surface area contributed by atoms with Gasteiger partial charge in [0.15, 0.2) is 0 Å². The van der Waals surface area contributed by atoms with Crippen LogP contribution in [0.15, 0.2) is 53.6 Å². The summed E-state index contributed by atoms with van der Waals surface area (Å²) in [6.45, 7) is 5.95. The van der Waals surface area contributed by atoms with E-state index in [9.17, 15) is 8.42 Å². The highest BCUT2D eigenvalue weighted by atomic mass is 32.2. The van der Waals surface area contributed by atoms with E-state index in [0.717, 1.165) is 45.1 Å². The number of hydrogen-bond donors (Lipinski definition) is 0. The third kappa shape index (κ3) is 4.49. The van der Waals surface area contributed by atoms with Gasteiger partial charge in [0.2, 0.25) is 0 Å². The van der Waals surface area contributed by atoms with Crippen molar-refractivity contribution in [2.75, 3.05) is 46.4 Å². The molecular weight excluding hydrogens is 338 g/mol. The molecule has 0 saturated carbocycles. The van der Waals surface area contributed by atoms with Crippen LogP contribution in [0.4, 0.5) is 0 Å². The Morgan fingerprint density at radius 2 is 1.80 bits per heavy atom. The van der Waals surface area contributed by atoms with Crippen molar-refractivity contribution < 1.29 is 13.2 Å². The molecule has 6 nitrogen and oxygen atoms in total. The zero-order valence-corrected chi connectivity index (χ0v) is 15.4. The lowest BCUT2D eigenvalue weighted by molar-refractivity contribution is 0.0341. The van der Waals surface area contributed by atoms with Crippen LogP contribution in [-0.2, 0) is 21.3 Å². The van der Waals surface area contributed by atoms with Gasteiger partial charge >= 0.3 is 0 Å². The first kappa shape index (κ1) is 18.1. The van der Waals surface area contributed by atoms with Gasteiger partial charge in [-0.2, -0.15) is 0 Å². The Morgan fingerprint density at radius 3 is 2.52 bits per heavy atom. The first-order valence-electron chi connectivity index (χ1n) is 8.53. The molecule has 0 spiro atoms. The van der Waals surface area contributed by atoms with E-state index in [4.69, 9.17) is 4.74 Å². The van der Waals surface area contributed by atoms with Crippen molar-refractivity contribution in [3.05, 3.63) is 54.4 Å². The quantitative estimate of drug-likeness (QED) is 0.746. The van der Waals surface area contributed by atoms with E-state index in [2.05, 4.69) is 9.80 Å². The third-order valence-corrected chi connectivity index (χ3v) is 6.17. The van der Waals surface area contributed by atoms with Crippen molar-refractivity contribution in [1.82, 2.24) is 13.8 Å². The van der Waals surface area contributed by atoms with Gasteiger partial charge < -0.3 is 4.74 Å². The number of morpholine rings is 1. The summed E-state index contributed by atoms with van der Waals surface area (Å²) in [5.74, 6) is 0. The highest BCUT2D eigenvalue weighted by Gasteiger charge is 2.19. The summed E-state index contributed by atoms with van der Waals surface area (Å²) in [6, 6.07) is 12.2. The van der Waals surface area contributed by atoms with Crippen molar-refractivity contribution >= 4 is 10.0 Å². The number of ether oxygens (including phenoxy) is 1. The predicted molar refractivity (Wildman–Crippen MR) is 97.1 cm³/mol. The molecule has 7 heteroatoms. The monoisotopic (exact) mass is 363 g/mol. The fraction of sp³-hybridized carbons (Fsp3) is 0.444. The van der Waals surface area contributed by atoms with E-state index >= 15 is 0 Å². The topological polar surface area (TPSA) is 54.8 Å². The number of likely N-dealkylation sites (N-methyl/N-ethyl adjacent to an activating group) is 1. The van der Waals surface area contributed by atoms with Crippen molar-refractivity contribution in [2.24, 2.45) is 0 Å². The van der Waals surface area contributed by atoms with Crippen LogP contribution in [0.25, 0.3) is 0 Å². The molecule has 0 radical (unpaired) electrons. The summed E-state index contributed by atoms with van der Waals surface area (Å²) in [5, 5.41) is 0. The SMILES string of the molecule is CN(CCN1CCOCC1)Cc1cccn1S(=O)(=O)c1ccccc1. The average Bonchev–Trinajstić information content (AvgIpc) is 3.10. The molecule has 1 fully saturated rings. The largest absolute Gasteiger partial charge is 0.379 e. The van der Waals surface area contributed by atoms with Crippen LogP contribution in [0.2, 0.25) is 0 Å². The van der Waals surface area contributed by atoms with Crippen LogP contribution < -0.4 is 0 Å². The van der Waals surface area contributed by atoms with Gasteiger partial charge in [0.1, 0.15) is 0 Å². The van der Waals surface area contributed by atoms with Gasteiger partial charge in [-0.25, -0.2) is 12.4 Å². The molecule has 1 saturated heterocycles. The smallest absolute Gasteiger partial charge is 0.267 e. The molecule has 0 N–H and O–H groups in total. The van der Waals surface area contributed by atoms with E-state index < -0.39 is 10.0 Å². The molecule has 3 rings (SSSR count). The molecule has 2 aromatic rings. The van der Waals surface area contributed by atoms with Crippen LogP contribution >= 0.6 is 0 Å². The standard InChI is InChI=1S/C18H25N3O3S/c1-19(10-11-20-12-14-24-15-13-20)16-17-6-5-9-21(17)25(22,23)18-7-3-2-4-8-18/h2-9H,10-16H2,1H3. The number of aromatic nitrogens is 1. The fourth-order valence-corrected chi connectivity index (χ4v) is 4.34. The maximum atomic E-state index is 12.8. The van der Waals surface area contributed by atoms with E-state index in [0.29, 0.717) is 11.4 Å². The molecule has 0 bridgehead atoms. The normalized spacial score (nSPS) is 16.4. The fourth-order valence-electron chi connectivity index (χ4n) is 2.96. The zero-order valence-electron chi connectivity index (χ0n) is 14.5. The highest BCUT2D eigenvalue weighted by molar-refractivity contribution is 7.90. The molecule has 1 aliphatic heterocycles. The van der Waals surface area contributed by atoms with Gasteiger partial charge in [0.05, 0.1) is 18.1 Å². The lowest BCUT2D eigenvalue weighted by atomic mass is 10.3. The van der Waals surface area contributed by atoms with Crippen molar-refractivity contribution in [1.29, 1.82) is 0 Å². The molecule has 25 heavy (non-hydrogen) atoms. The second-order valence-electron chi connectivity index (χ2n) is 6.31. The highest BCUT2D eigenvalue weighted by Crippen LogP contribution is 2.17. The van der Waals surface area contributed by atoms with E-state index in [1.807, 2.05) is 19.2 Å². The number of benzene rings is 1. The maximum absolute atomic E-state index is 12.8. The minimum absolute atomic E-state index is 0.309. The summed E-state index contributed by atoms with van der Waals surface area (Å²) >= 11 is 0. The average molecular weight is 363 g/mol. The Hall–Kier alpha value is -1.67. The van der Waals surface area contributed by atoms with Crippen molar-refractivity contribution in [3.8, 4) is 0 Å². The molecule has 0 amide bonds. The molecule has 0 aliphatic carbocycles. The molecule has 0 unspecified atom stereocenters. The molecular formula is C18H25N3O3S. The molecule has 136 valence electrons. The van der Waals surface area contributed by atoms with Gasteiger partial charge in [0.25, 0.3) is 10.0 Å². The Bertz CT molecular complexity index is 768. The van der Waals surface area contributed by atoms with Gasteiger partial charge in [-0.1, -0.05) is 18.2 Å². The van der Waals surface area contributed by atoms with E-state index in [-0.39, 0.29) is 0 Å². The summed E-state index contributed by atoms with van der Waals surface area (Å²) in [6.07, 6.45) is 1.62. The third-order valence-electron chi connectivity index (χ3n) is 4.43. The minimum Gasteiger partial charge on any atom is -0.379 e. The molecule has 1 aromatic carbocycles. The first-order chi connectivity index (χ1) is 12.1. The van der Waals surface area contributed by atoms with Crippen LogP contribution in [0.1, 0.15) is 5.69 Å². The summed E-state index contributed by atoms with van der Waals surface area (Å²) in [7, 11) is -1.52. The second-order valence-corrected chi connectivity index (χ2v) is 8.12. The summed E-state index contributed by atoms with van der Waals surface area (Å²) in [5.41, 5.74) is 0.772. The minimum atomic E-state index is -3.54. The number of nitrogens with zero attached hydrogens (tertiary/aromatic N) is 3. The van der Waals surface area contributed by atoms with E-state index in [1.165, 1.54) is 3.97 Å². The van der Waals surface area contributed by atoms with Crippen LogP contribution in [0, 0.1) is 0 Å².